The number of esters is 3. The molecule has 0 radical (unpaired) electrons. The molecule has 1 fully saturated rings. The molecule has 12 nitrogen and oxygen atoms in total. The second-order valence-corrected chi connectivity index (χ2v) is 18.8. The molecule has 1 aliphatic rings. The van der Waals surface area contributed by atoms with Crippen molar-refractivity contribution in [2.45, 2.75) is 276 Å². The Hall–Kier alpha value is -3.32. The summed E-state index contributed by atoms with van der Waals surface area (Å²) in [5.74, 6) is -3.14. The third kappa shape index (κ3) is 36.3. The molecule has 12 heteroatoms. The van der Waals surface area contributed by atoms with Crippen LogP contribution in [0.25, 0.3) is 0 Å². The van der Waals surface area contributed by atoms with Crippen molar-refractivity contribution in [3.8, 4) is 0 Å². The van der Waals surface area contributed by atoms with Gasteiger partial charge in [0.05, 0.1) is 6.61 Å². The molecule has 0 aromatic rings. The van der Waals surface area contributed by atoms with Crippen molar-refractivity contribution in [1.82, 2.24) is 0 Å². The fraction of sp³-hybridized carbons (Fsp3) is 0.789. The van der Waals surface area contributed by atoms with Gasteiger partial charge in [0.25, 0.3) is 0 Å². The van der Waals surface area contributed by atoms with Gasteiger partial charge in [-0.1, -0.05) is 198 Å². The first-order valence-corrected chi connectivity index (χ1v) is 27.6. The topological polar surface area (TPSA) is 175 Å². The van der Waals surface area contributed by atoms with E-state index >= 15 is 0 Å². The second-order valence-electron chi connectivity index (χ2n) is 18.8. The molecule has 0 saturated carbocycles. The van der Waals surface area contributed by atoms with Gasteiger partial charge in [0.2, 0.25) is 0 Å². The summed E-state index contributed by atoms with van der Waals surface area (Å²) in [5.41, 5.74) is 0. The van der Waals surface area contributed by atoms with Crippen LogP contribution in [0.1, 0.15) is 239 Å². The molecule has 398 valence electrons. The average molecular weight is 975 g/mol. The Kier molecular flexibility index (Phi) is 42.3. The van der Waals surface area contributed by atoms with E-state index in [2.05, 4.69) is 69.4 Å². The van der Waals surface area contributed by atoms with E-state index < -0.39 is 67.3 Å². The quantitative estimate of drug-likeness (QED) is 0.0228. The third-order valence-corrected chi connectivity index (χ3v) is 12.4. The summed E-state index contributed by atoms with van der Waals surface area (Å²) >= 11 is 0. The highest BCUT2D eigenvalue weighted by molar-refractivity contribution is 5.74. The van der Waals surface area contributed by atoms with Gasteiger partial charge in [-0.25, -0.2) is 4.79 Å². The van der Waals surface area contributed by atoms with Gasteiger partial charge in [0.1, 0.15) is 18.8 Å². The smallest absolute Gasteiger partial charge is 0.335 e. The van der Waals surface area contributed by atoms with Crippen LogP contribution in [0.3, 0.4) is 0 Å². The van der Waals surface area contributed by atoms with Crippen LogP contribution >= 0.6 is 0 Å². The molecule has 0 aliphatic carbocycles. The molecule has 69 heavy (non-hydrogen) atoms. The van der Waals surface area contributed by atoms with Gasteiger partial charge in [-0.05, 0) is 70.6 Å². The van der Waals surface area contributed by atoms with Crippen LogP contribution in [0.4, 0.5) is 0 Å². The van der Waals surface area contributed by atoms with Crippen molar-refractivity contribution < 1.29 is 58.2 Å². The summed E-state index contributed by atoms with van der Waals surface area (Å²) in [6.07, 6.45) is 40.9. The first kappa shape index (κ1) is 63.7. The lowest BCUT2D eigenvalue weighted by molar-refractivity contribution is -0.301. The molecular weight excluding hydrogens is 877 g/mol. The van der Waals surface area contributed by atoms with Crippen molar-refractivity contribution in [3.05, 3.63) is 48.6 Å². The molecule has 3 N–H and O–H groups in total. The lowest BCUT2D eigenvalue weighted by Gasteiger charge is -2.40. The highest BCUT2D eigenvalue weighted by Gasteiger charge is 2.50. The number of hydrogen-bond donors (Lipinski definition) is 3. The minimum absolute atomic E-state index is 0.0611. The van der Waals surface area contributed by atoms with E-state index in [1.807, 2.05) is 0 Å². The van der Waals surface area contributed by atoms with E-state index in [9.17, 15) is 34.5 Å². The summed E-state index contributed by atoms with van der Waals surface area (Å²) in [6, 6.07) is 0. The Morgan fingerprint density at radius 3 is 1.45 bits per heavy atom. The van der Waals surface area contributed by atoms with Crippen molar-refractivity contribution >= 4 is 23.9 Å². The van der Waals surface area contributed by atoms with Crippen LogP contribution < -0.4 is 0 Å². The number of aliphatic hydroxyl groups excluding tert-OH is 2. The molecule has 1 saturated heterocycles. The number of carboxylic acid groups (broad SMARTS) is 1. The van der Waals surface area contributed by atoms with Crippen LogP contribution in [0.2, 0.25) is 0 Å². The number of allylic oxidation sites excluding steroid dienone is 8. The van der Waals surface area contributed by atoms with Crippen molar-refractivity contribution in [2.24, 2.45) is 0 Å². The molecule has 6 atom stereocenters. The van der Waals surface area contributed by atoms with Crippen LogP contribution in [0.15, 0.2) is 48.6 Å². The summed E-state index contributed by atoms with van der Waals surface area (Å²) < 4.78 is 28.3. The second kappa shape index (κ2) is 45.8. The van der Waals surface area contributed by atoms with Crippen LogP contribution in [0, 0.1) is 0 Å². The van der Waals surface area contributed by atoms with Crippen LogP contribution in [0.5, 0.6) is 0 Å². The molecule has 1 heterocycles. The number of aliphatic carboxylic acids is 1. The zero-order valence-corrected chi connectivity index (χ0v) is 43.6. The van der Waals surface area contributed by atoms with E-state index in [-0.39, 0.29) is 25.9 Å². The Bertz CT molecular complexity index is 1390. The number of unbranched alkanes of at least 4 members (excludes halogenated alkanes) is 24. The number of aliphatic hydroxyl groups is 2. The number of carbonyl (C=O) groups excluding carboxylic acids is 3. The zero-order chi connectivity index (χ0) is 50.4. The fourth-order valence-corrected chi connectivity index (χ4v) is 8.13. The highest BCUT2D eigenvalue weighted by Crippen LogP contribution is 2.26. The van der Waals surface area contributed by atoms with Gasteiger partial charge in [-0.2, -0.15) is 0 Å². The molecule has 0 spiro atoms. The molecule has 0 bridgehead atoms. The van der Waals surface area contributed by atoms with E-state index in [0.29, 0.717) is 19.3 Å². The predicted molar refractivity (Wildman–Crippen MR) is 276 cm³/mol. The lowest BCUT2D eigenvalue weighted by atomic mass is 9.98. The van der Waals surface area contributed by atoms with Gasteiger partial charge in [0.15, 0.2) is 24.6 Å². The van der Waals surface area contributed by atoms with E-state index in [0.717, 1.165) is 116 Å². The molecule has 1 aliphatic heterocycles. The largest absolute Gasteiger partial charge is 0.479 e. The fourth-order valence-electron chi connectivity index (χ4n) is 8.13. The van der Waals surface area contributed by atoms with Gasteiger partial charge < -0.3 is 39.0 Å². The predicted octanol–water partition coefficient (Wildman–Crippen LogP) is 13.4. The van der Waals surface area contributed by atoms with Crippen molar-refractivity contribution in [2.75, 3.05) is 13.2 Å². The van der Waals surface area contributed by atoms with Gasteiger partial charge in [-0.15, -0.1) is 0 Å². The third-order valence-electron chi connectivity index (χ3n) is 12.4. The molecule has 0 aromatic carbocycles. The van der Waals surface area contributed by atoms with Gasteiger partial charge in [0, 0.05) is 19.3 Å². The maximum absolute atomic E-state index is 13.1. The van der Waals surface area contributed by atoms with E-state index in [1.165, 1.54) is 64.2 Å². The lowest BCUT2D eigenvalue weighted by Crippen LogP contribution is -2.61. The first-order chi connectivity index (χ1) is 33.6. The maximum Gasteiger partial charge on any atom is 0.335 e. The highest BCUT2D eigenvalue weighted by atomic mass is 16.7. The SMILES string of the molecule is CC/C=C\C/C=C\C/C=C\CCCCCCCC(=O)OCC(COC1OC(C(=O)O)C(O)C(O)C1OC(=O)CCCCCCCCCCCCCCC)OC(=O)CCCCCCC/C=C\CCCC. The summed E-state index contributed by atoms with van der Waals surface area (Å²) in [7, 11) is 0. The average Bonchev–Trinajstić information content (AvgIpc) is 3.33. The molecular formula is C57H98O12. The van der Waals surface area contributed by atoms with E-state index in [1.54, 1.807) is 0 Å². The molecule has 0 amide bonds. The summed E-state index contributed by atoms with van der Waals surface area (Å²) in [4.78, 5) is 50.9. The standard InChI is InChI=1S/C57H98O12/c1-4-7-10-13-16-19-22-24-25-27-29-31-34-37-40-43-49(58)65-46-48(67-50(59)44-41-38-35-32-28-21-18-15-12-9-6-3)47-66-57-55(53(62)52(61)54(69-57)56(63)64)68-51(60)45-42-39-36-33-30-26-23-20-17-14-11-8-5-2/h7,10,15-16,18-19,24-25,48,52-55,57,61-62H,4-6,8-9,11-14,17,20-23,26-47H2,1-3H3,(H,63,64)/b10-7-,18-15-,19-16-,25-24-. The zero-order valence-electron chi connectivity index (χ0n) is 43.6. The van der Waals surface area contributed by atoms with Crippen LogP contribution in [-0.4, -0.2) is 89.2 Å². The Morgan fingerprint density at radius 1 is 0.493 bits per heavy atom. The number of hydrogen-bond acceptors (Lipinski definition) is 11. The van der Waals surface area contributed by atoms with Crippen molar-refractivity contribution in [1.29, 1.82) is 0 Å². The molecule has 1 rings (SSSR count). The van der Waals surface area contributed by atoms with Crippen molar-refractivity contribution in [3.63, 3.8) is 0 Å². The van der Waals surface area contributed by atoms with Crippen LogP contribution in [-0.2, 0) is 42.9 Å². The minimum Gasteiger partial charge on any atom is -0.479 e. The first-order valence-electron chi connectivity index (χ1n) is 27.6. The Balaban J connectivity index is 2.72. The van der Waals surface area contributed by atoms with E-state index in [4.69, 9.17) is 23.7 Å². The summed E-state index contributed by atoms with van der Waals surface area (Å²) in [6.45, 7) is 5.81. The monoisotopic (exact) mass is 975 g/mol. The van der Waals surface area contributed by atoms with Gasteiger partial charge in [-0.3, -0.25) is 14.4 Å². The Morgan fingerprint density at radius 2 is 0.928 bits per heavy atom. The number of carbonyl (C=O) groups is 4. The number of rotatable bonds is 46. The number of ether oxygens (including phenoxy) is 5. The minimum atomic E-state index is -1.90. The molecule has 0 aromatic heterocycles. The normalized spacial score (nSPS) is 19.0. The summed E-state index contributed by atoms with van der Waals surface area (Å²) in [5, 5.41) is 31.4. The van der Waals surface area contributed by atoms with Gasteiger partial charge >= 0.3 is 23.9 Å². The number of carboxylic acids is 1. The molecule has 6 unspecified atom stereocenters. The Labute approximate surface area is 418 Å². The maximum atomic E-state index is 13.1.